The highest BCUT2D eigenvalue weighted by molar-refractivity contribution is 7.13. The van der Waals surface area contributed by atoms with Crippen LogP contribution in [0.1, 0.15) is 42.9 Å². The number of hydrogen-bond acceptors (Lipinski definition) is 6. The summed E-state index contributed by atoms with van der Waals surface area (Å²) in [6.07, 6.45) is 2.01. The fourth-order valence-electron chi connectivity index (χ4n) is 2.83. The third-order valence-corrected chi connectivity index (χ3v) is 4.83. The number of anilines is 2. The van der Waals surface area contributed by atoms with Crippen LogP contribution >= 0.6 is 11.3 Å². The molecule has 1 aliphatic heterocycles. The van der Waals surface area contributed by atoms with Gasteiger partial charge in [-0.2, -0.15) is 0 Å². The molecule has 6 nitrogen and oxygen atoms in total. The van der Waals surface area contributed by atoms with Crippen molar-refractivity contribution in [2.75, 3.05) is 18.4 Å². The molecule has 3 heterocycles. The smallest absolute Gasteiger partial charge is 0.219 e. The minimum Gasteiger partial charge on any atom is -0.342 e. The lowest BCUT2D eigenvalue weighted by Crippen LogP contribution is -2.38. The molecule has 23 heavy (non-hydrogen) atoms. The largest absolute Gasteiger partial charge is 0.342 e. The maximum absolute atomic E-state index is 11.6. The van der Waals surface area contributed by atoms with E-state index in [0.29, 0.717) is 6.54 Å². The van der Waals surface area contributed by atoms with Gasteiger partial charge in [0.2, 0.25) is 5.91 Å². The molecule has 0 spiro atoms. The van der Waals surface area contributed by atoms with Gasteiger partial charge in [0.25, 0.3) is 0 Å². The zero-order valence-electron chi connectivity index (χ0n) is 13.7. The van der Waals surface area contributed by atoms with E-state index in [-0.39, 0.29) is 11.8 Å². The molecule has 2 aromatic heterocycles. The van der Waals surface area contributed by atoms with E-state index in [9.17, 15) is 4.79 Å². The molecule has 2 aromatic rings. The Morgan fingerprint density at radius 2 is 2.13 bits per heavy atom. The molecule has 1 aliphatic rings. The molecule has 1 unspecified atom stereocenters. The topological polar surface area (TPSA) is 71.0 Å². The molecule has 0 bridgehead atoms. The van der Waals surface area contributed by atoms with E-state index in [1.165, 1.54) is 0 Å². The zero-order valence-corrected chi connectivity index (χ0v) is 14.5. The molecular formula is C16H21N5OS. The molecule has 0 aliphatic carbocycles. The van der Waals surface area contributed by atoms with Crippen LogP contribution in [0.15, 0.2) is 11.4 Å². The number of aromatic nitrogens is 3. The Labute approximate surface area is 140 Å². The van der Waals surface area contributed by atoms with Gasteiger partial charge in [0, 0.05) is 43.1 Å². The molecule has 1 amide bonds. The summed E-state index contributed by atoms with van der Waals surface area (Å²) in [5.74, 6) is 1.90. The van der Waals surface area contributed by atoms with Crippen LogP contribution in [0, 0.1) is 13.8 Å². The Kier molecular flexibility index (Phi) is 4.56. The number of carbonyl (C=O) groups excluding carboxylic acids is 1. The molecule has 0 aromatic carbocycles. The van der Waals surface area contributed by atoms with Gasteiger partial charge in [0.05, 0.1) is 5.69 Å². The van der Waals surface area contributed by atoms with Crippen molar-refractivity contribution in [3.63, 3.8) is 0 Å². The van der Waals surface area contributed by atoms with Gasteiger partial charge in [0.15, 0.2) is 5.13 Å². The van der Waals surface area contributed by atoms with Crippen molar-refractivity contribution in [3.05, 3.63) is 28.7 Å². The van der Waals surface area contributed by atoms with Crippen LogP contribution in [-0.2, 0) is 4.79 Å². The maximum atomic E-state index is 11.6. The molecule has 1 saturated heterocycles. The molecule has 3 rings (SSSR count). The molecule has 1 N–H and O–H groups in total. The third-order valence-electron chi connectivity index (χ3n) is 3.96. The monoisotopic (exact) mass is 331 g/mol. The first-order chi connectivity index (χ1) is 11.0. The van der Waals surface area contributed by atoms with Crippen molar-refractivity contribution in [2.24, 2.45) is 0 Å². The van der Waals surface area contributed by atoms with E-state index in [0.717, 1.165) is 47.5 Å². The SMILES string of the molecule is CC(=O)N1CCCC(c2nc(C)cc(Nc3nc(C)cs3)n2)C1. The fraction of sp³-hybridized carbons (Fsp3) is 0.500. The maximum Gasteiger partial charge on any atom is 0.219 e. The minimum atomic E-state index is 0.124. The van der Waals surface area contributed by atoms with Crippen molar-refractivity contribution >= 4 is 28.2 Å². The second kappa shape index (κ2) is 6.62. The molecule has 0 radical (unpaired) electrons. The Morgan fingerprint density at radius 3 is 2.83 bits per heavy atom. The van der Waals surface area contributed by atoms with Gasteiger partial charge < -0.3 is 10.2 Å². The first-order valence-electron chi connectivity index (χ1n) is 7.81. The van der Waals surface area contributed by atoms with E-state index < -0.39 is 0 Å². The second-order valence-electron chi connectivity index (χ2n) is 5.98. The highest BCUT2D eigenvalue weighted by Gasteiger charge is 2.25. The predicted molar refractivity (Wildman–Crippen MR) is 91.1 cm³/mol. The summed E-state index contributed by atoms with van der Waals surface area (Å²) in [4.78, 5) is 27.2. The Balaban J connectivity index is 1.81. The van der Waals surface area contributed by atoms with Crippen molar-refractivity contribution in [2.45, 2.75) is 39.5 Å². The number of rotatable bonds is 3. The standard InChI is InChI=1S/C16H21N5OS/c1-10-7-14(20-16-18-11(2)9-23-16)19-15(17-10)13-5-4-6-21(8-13)12(3)22/h7,9,13H,4-6,8H2,1-3H3,(H,17,18,19,20). The summed E-state index contributed by atoms with van der Waals surface area (Å²) in [6, 6.07) is 1.92. The van der Waals surface area contributed by atoms with Crippen LogP contribution < -0.4 is 5.32 Å². The Hall–Kier alpha value is -2.02. The summed E-state index contributed by atoms with van der Waals surface area (Å²) >= 11 is 1.56. The number of carbonyl (C=O) groups is 1. The number of piperidine rings is 1. The van der Waals surface area contributed by atoms with Crippen molar-refractivity contribution in [1.82, 2.24) is 19.9 Å². The summed E-state index contributed by atoms with van der Waals surface area (Å²) < 4.78 is 0. The van der Waals surface area contributed by atoms with Crippen LogP contribution in [0.2, 0.25) is 0 Å². The minimum absolute atomic E-state index is 0.124. The van der Waals surface area contributed by atoms with E-state index in [4.69, 9.17) is 0 Å². The number of thiazole rings is 1. The lowest BCUT2D eigenvalue weighted by molar-refractivity contribution is -0.130. The number of nitrogens with one attached hydrogen (secondary N) is 1. The first kappa shape index (κ1) is 15.9. The third kappa shape index (κ3) is 3.85. The first-order valence-corrected chi connectivity index (χ1v) is 8.69. The summed E-state index contributed by atoms with van der Waals surface area (Å²) in [5.41, 5.74) is 1.92. The van der Waals surface area contributed by atoms with Crippen molar-refractivity contribution in [3.8, 4) is 0 Å². The quantitative estimate of drug-likeness (QED) is 0.936. The van der Waals surface area contributed by atoms with Gasteiger partial charge in [-0.15, -0.1) is 11.3 Å². The molecule has 0 saturated carbocycles. The molecule has 1 atom stereocenters. The van der Waals surface area contributed by atoms with Crippen molar-refractivity contribution in [1.29, 1.82) is 0 Å². The highest BCUT2D eigenvalue weighted by Crippen LogP contribution is 2.27. The van der Waals surface area contributed by atoms with Gasteiger partial charge in [-0.3, -0.25) is 4.79 Å². The lowest BCUT2D eigenvalue weighted by atomic mass is 9.97. The fourth-order valence-corrected chi connectivity index (χ4v) is 3.53. The number of likely N-dealkylation sites (tertiary alicyclic amines) is 1. The van der Waals surface area contributed by atoms with Crippen LogP contribution in [-0.4, -0.2) is 38.8 Å². The Morgan fingerprint density at radius 1 is 1.30 bits per heavy atom. The van der Waals surface area contributed by atoms with E-state index in [2.05, 4.69) is 20.3 Å². The van der Waals surface area contributed by atoms with Crippen molar-refractivity contribution < 1.29 is 4.79 Å². The summed E-state index contributed by atoms with van der Waals surface area (Å²) in [6.45, 7) is 7.10. The van der Waals surface area contributed by atoms with Gasteiger partial charge in [-0.1, -0.05) is 0 Å². The molecular weight excluding hydrogens is 310 g/mol. The van der Waals surface area contributed by atoms with Gasteiger partial charge in [0.1, 0.15) is 11.6 Å². The molecule has 122 valence electrons. The van der Waals surface area contributed by atoms with Gasteiger partial charge in [-0.05, 0) is 26.7 Å². The predicted octanol–water partition coefficient (Wildman–Crippen LogP) is 3.02. The highest BCUT2D eigenvalue weighted by atomic mass is 32.1. The number of nitrogens with zero attached hydrogens (tertiary/aromatic N) is 4. The van der Waals surface area contributed by atoms with E-state index >= 15 is 0 Å². The summed E-state index contributed by atoms with van der Waals surface area (Å²) in [7, 11) is 0. The van der Waals surface area contributed by atoms with Gasteiger partial charge in [-0.25, -0.2) is 15.0 Å². The average Bonchev–Trinajstić information content (AvgIpc) is 2.92. The molecule has 1 fully saturated rings. The molecule has 7 heteroatoms. The number of amides is 1. The number of hydrogen-bond donors (Lipinski definition) is 1. The van der Waals surface area contributed by atoms with Gasteiger partial charge >= 0.3 is 0 Å². The normalized spacial score (nSPS) is 18.0. The summed E-state index contributed by atoms with van der Waals surface area (Å²) in [5, 5.41) is 6.09. The Bertz CT molecular complexity index is 714. The lowest BCUT2D eigenvalue weighted by Gasteiger charge is -2.31. The van der Waals surface area contributed by atoms with Crippen LogP contribution in [0.3, 0.4) is 0 Å². The second-order valence-corrected chi connectivity index (χ2v) is 6.83. The van der Waals surface area contributed by atoms with Crippen LogP contribution in [0.5, 0.6) is 0 Å². The average molecular weight is 331 g/mol. The van der Waals surface area contributed by atoms with E-state index in [1.807, 2.05) is 30.2 Å². The van der Waals surface area contributed by atoms with Crippen LogP contribution in [0.25, 0.3) is 0 Å². The number of aryl methyl sites for hydroxylation is 2. The van der Waals surface area contributed by atoms with Crippen LogP contribution in [0.4, 0.5) is 10.9 Å². The zero-order chi connectivity index (χ0) is 16.4. The van der Waals surface area contributed by atoms with E-state index in [1.54, 1.807) is 18.3 Å².